The molecular formula is C13H16F3NO3. The Morgan fingerprint density at radius 3 is 2.60 bits per heavy atom. The van der Waals surface area contributed by atoms with E-state index >= 15 is 0 Å². The molecular weight excluding hydrogens is 275 g/mol. The zero-order chi connectivity index (χ0) is 15.2. The van der Waals surface area contributed by atoms with Gasteiger partial charge in [0.2, 0.25) is 0 Å². The number of nitrogens with one attached hydrogen (secondary N) is 1. The molecule has 1 aromatic rings. The van der Waals surface area contributed by atoms with Gasteiger partial charge in [-0.05, 0) is 25.5 Å². The fourth-order valence-electron chi connectivity index (χ4n) is 1.55. The van der Waals surface area contributed by atoms with Crippen LogP contribution in [0.5, 0.6) is 5.75 Å². The lowest BCUT2D eigenvalue weighted by Crippen LogP contribution is -2.30. The minimum Gasteiger partial charge on any atom is -0.464 e. The van der Waals surface area contributed by atoms with Crippen LogP contribution in [0, 0.1) is 0 Å². The molecule has 0 amide bonds. The first kappa shape index (κ1) is 16.1. The molecule has 1 aromatic carbocycles. The van der Waals surface area contributed by atoms with E-state index in [9.17, 15) is 18.0 Å². The molecule has 1 rings (SSSR count). The third-order valence-electron chi connectivity index (χ3n) is 2.39. The van der Waals surface area contributed by atoms with Crippen LogP contribution in [-0.2, 0) is 9.53 Å². The molecule has 112 valence electrons. The number of carbonyl (C=O) groups is 1. The van der Waals surface area contributed by atoms with Gasteiger partial charge in [0.25, 0.3) is 0 Å². The van der Waals surface area contributed by atoms with Crippen molar-refractivity contribution >= 4 is 11.7 Å². The third kappa shape index (κ3) is 5.38. The van der Waals surface area contributed by atoms with E-state index in [4.69, 9.17) is 4.74 Å². The highest BCUT2D eigenvalue weighted by Crippen LogP contribution is 2.25. The molecule has 0 aromatic heterocycles. The monoisotopic (exact) mass is 291 g/mol. The molecule has 0 radical (unpaired) electrons. The number of hydrogen-bond acceptors (Lipinski definition) is 4. The SMILES string of the molecule is CCOC(=O)C(CC)Nc1cccc(OC(F)(F)F)c1. The number of alkyl halides is 3. The molecule has 20 heavy (non-hydrogen) atoms. The van der Waals surface area contributed by atoms with Crippen molar-refractivity contribution in [1.29, 1.82) is 0 Å². The maximum Gasteiger partial charge on any atom is 0.573 e. The summed E-state index contributed by atoms with van der Waals surface area (Å²) in [6.07, 6.45) is -4.30. The van der Waals surface area contributed by atoms with Crippen molar-refractivity contribution in [3.63, 3.8) is 0 Å². The van der Waals surface area contributed by atoms with Gasteiger partial charge in [-0.15, -0.1) is 13.2 Å². The molecule has 0 aliphatic heterocycles. The second-order valence-electron chi connectivity index (χ2n) is 3.93. The maximum atomic E-state index is 12.1. The van der Waals surface area contributed by atoms with Gasteiger partial charge < -0.3 is 14.8 Å². The van der Waals surface area contributed by atoms with E-state index in [2.05, 4.69) is 10.1 Å². The van der Waals surface area contributed by atoms with E-state index in [1.165, 1.54) is 18.2 Å². The van der Waals surface area contributed by atoms with Crippen molar-refractivity contribution in [1.82, 2.24) is 0 Å². The Morgan fingerprint density at radius 1 is 1.35 bits per heavy atom. The van der Waals surface area contributed by atoms with Crippen LogP contribution >= 0.6 is 0 Å². The number of benzene rings is 1. The minimum atomic E-state index is -4.75. The summed E-state index contributed by atoms with van der Waals surface area (Å²) in [5.74, 6) is -0.793. The topological polar surface area (TPSA) is 47.6 Å². The highest BCUT2D eigenvalue weighted by molar-refractivity contribution is 5.79. The first-order chi connectivity index (χ1) is 9.35. The summed E-state index contributed by atoms with van der Waals surface area (Å²) in [6.45, 7) is 3.70. The largest absolute Gasteiger partial charge is 0.573 e. The number of carbonyl (C=O) groups excluding carboxylic acids is 1. The molecule has 1 N–H and O–H groups in total. The van der Waals surface area contributed by atoms with Gasteiger partial charge in [0.1, 0.15) is 11.8 Å². The van der Waals surface area contributed by atoms with E-state index in [0.717, 1.165) is 0 Å². The fraction of sp³-hybridized carbons (Fsp3) is 0.462. The van der Waals surface area contributed by atoms with Crippen molar-refractivity contribution in [2.45, 2.75) is 32.7 Å². The summed E-state index contributed by atoms with van der Waals surface area (Å²) >= 11 is 0. The molecule has 7 heteroatoms. The number of hydrogen-bond donors (Lipinski definition) is 1. The summed E-state index contributed by atoms with van der Waals surface area (Å²) in [5, 5.41) is 2.82. The third-order valence-corrected chi connectivity index (χ3v) is 2.39. The van der Waals surface area contributed by atoms with Gasteiger partial charge in [0.05, 0.1) is 6.61 Å². The molecule has 1 unspecified atom stereocenters. The molecule has 0 heterocycles. The van der Waals surface area contributed by atoms with Crippen molar-refractivity contribution < 1.29 is 27.4 Å². The number of esters is 1. The lowest BCUT2D eigenvalue weighted by molar-refractivity contribution is -0.274. The van der Waals surface area contributed by atoms with Crippen LogP contribution < -0.4 is 10.1 Å². The summed E-state index contributed by atoms with van der Waals surface area (Å²) in [7, 11) is 0. The summed E-state index contributed by atoms with van der Waals surface area (Å²) in [5.41, 5.74) is 0.353. The van der Waals surface area contributed by atoms with Gasteiger partial charge in [0.15, 0.2) is 0 Å². The minimum absolute atomic E-state index is 0.244. The molecule has 0 spiro atoms. The normalized spacial score (nSPS) is 12.7. The lowest BCUT2D eigenvalue weighted by Gasteiger charge is -2.17. The number of ether oxygens (including phenoxy) is 2. The van der Waals surface area contributed by atoms with Crippen LogP contribution in [0.25, 0.3) is 0 Å². The van der Waals surface area contributed by atoms with Crippen LogP contribution in [0.2, 0.25) is 0 Å². The highest BCUT2D eigenvalue weighted by atomic mass is 19.4. The van der Waals surface area contributed by atoms with Gasteiger partial charge in [-0.1, -0.05) is 13.0 Å². The fourth-order valence-corrected chi connectivity index (χ4v) is 1.55. The maximum absolute atomic E-state index is 12.1. The lowest BCUT2D eigenvalue weighted by atomic mass is 10.2. The molecule has 4 nitrogen and oxygen atoms in total. The average Bonchev–Trinajstić information content (AvgIpc) is 2.34. The van der Waals surface area contributed by atoms with Gasteiger partial charge in [0, 0.05) is 11.8 Å². The zero-order valence-corrected chi connectivity index (χ0v) is 11.2. The highest BCUT2D eigenvalue weighted by Gasteiger charge is 2.31. The van der Waals surface area contributed by atoms with E-state index in [1.807, 2.05) is 0 Å². The Bertz CT molecular complexity index is 449. The van der Waals surface area contributed by atoms with E-state index in [0.29, 0.717) is 12.1 Å². The number of anilines is 1. The molecule has 0 aliphatic rings. The van der Waals surface area contributed by atoms with Crippen LogP contribution in [0.1, 0.15) is 20.3 Å². The molecule has 0 saturated heterocycles. The second kappa shape index (κ2) is 7.02. The van der Waals surface area contributed by atoms with Crippen LogP contribution in [0.3, 0.4) is 0 Å². The Hall–Kier alpha value is -1.92. The Balaban J connectivity index is 2.76. The van der Waals surface area contributed by atoms with Crippen molar-refractivity contribution in [2.24, 2.45) is 0 Å². The molecule has 0 fully saturated rings. The predicted molar refractivity (Wildman–Crippen MR) is 67.5 cm³/mol. The average molecular weight is 291 g/mol. The van der Waals surface area contributed by atoms with Crippen molar-refractivity contribution in [3.05, 3.63) is 24.3 Å². The van der Waals surface area contributed by atoms with Crippen LogP contribution in [-0.4, -0.2) is 25.0 Å². The van der Waals surface area contributed by atoms with Gasteiger partial charge in [-0.3, -0.25) is 0 Å². The smallest absolute Gasteiger partial charge is 0.464 e. The first-order valence-corrected chi connectivity index (χ1v) is 6.14. The second-order valence-corrected chi connectivity index (χ2v) is 3.93. The van der Waals surface area contributed by atoms with Gasteiger partial charge in [-0.2, -0.15) is 0 Å². The quantitative estimate of drug-likeness (QED) is 0.817. The van der Waals surface area contributed by atoms with E-state index < -0.39 is 18.4 Å². The summed E-state index contributed by atoms with van der Waals surface area (Å²) in [4.78, 5) is 11.6. The summed E-state index contributed by atoms with van der Waals surface area (Å²) < 4.78 is 45.0. The molecule has 0 aliphatic carbocycles. The van der Waals surface area contributed by atoms with Crippen LogP contribution in [0.15, 0.2) is 24.3 Å². The Labute approximate surface area is 114 Å². The van der Waals surface area contributed by atoms with Crippen LogP contribution in [0.4, 0.5) is 18.9 Å². The van der Waals surface area contributed by atoms with Crippen molar-refractivity contribution in [3.8, 4) is 5.75 Å². The zero-order valence-electron chi connectivity index (χ0n) is 11.2. The van der Waals surface area contributed by atoms with E-state index in [-0.39, 0.29) is 12.4 Å². The molecule has 0 saturated carbocycles. The molecule has 0 bridgehead atoms. The predicted octanol–water partition coefficient (Wildman–Crippen LogP) is 3.34. The Morgan fingerprint density at radius 2 is 2.05 bits per heavy atom. The standard InChI is InChI=1S/C13H16F3NO3/c1-3-11(12(18)19-4-2)17-9-6-5-7-10(8-9)20-13(14,15)16/h5-8,11,17H,3-4H2,1-2H3. The number of rotatable bonds is 6. The van der Waals surface area contributed by atoms with Gasteiger partial charge in [-0.25, -0.2) is 4.79 Å². The van der Waals surface area contributed by atoms with Gasteiger partial charge >= 0.3 is 12.3 Å². The molecule has 1 atom stereocenters. The Kier molecular flexibility index (Phi) is 5.66. The summed E-state index contributed by atoms with van der Waals surface area (Å²) in [6, 6.07) is 4.70. The number of halogens is 3. The van der Waals surface area contributed by atoms with Crippen molar-refractivity contribution in [2.75, 3.05) is 11.9 Å². The van der Waals surface area contributed by atoms with E-state index in [1.54, 1.807) is 19.9 Å². The first-order valence-electron chi connectivity index (χ1n) is 6.14.